The molecule has 0 aliphatic carbocycles. The third-order valence-corrected chi connectivity index (χ3v) is 9.51. The minimum Gasteiger partial charge on any atom is -0.396 e. The first-order valence-corrected chi connectivity index (χ1v) is 15.0. The van der Waals surface area contributed by atoms with Crippen molar-refractivity contribution >= 4 is 23.4 Å². The number of hydrogen-bond donors (Lipinski definition) is 1. The third kappa shape index (κ3) is 5.03. The molecule has 1 aromatic rings. The van der Waals surface area contributed by atoms with Crippen LogP contribution in [0, 0.1) is 31.6 Å². The number of benzene rings is 1. The van der Waals surface area contributed by atoms with Crippen LogP contribution in [0.4, 0.5) is 5.69 Å². The van der Waals surface area contributed by atoms with Crippen LogP contribution in [-0.2, 0) is 19.1 Å². The monoisotopic (exact) mass is 565 g/mol. The number of carbonyl (C=O) groups is 3. The fraction of sp³-hybridized carbons (Fsp3) is 0.606. The van der Waals surface area contributed by atoms with Gasteiger partial charge in [0.25, 0.3) is 5.91 Å². The molecule has 3 amide bonds. The number of likely N-dealkylation sites (tertiary alicyclic amines) is 1. The first kappa shape index (κ1) is 31.0. The van der Waals surface area contributed by atoms with Crippen LogP contribution in [0.5, 0.6) is 0 Å². The summed E-state index contributed by atoms with van der Waals surface area (Å²) in [6, 6.07) is 5.10. The van der Waals surface area contributed by atoms with E-state index in [2.05, 4.69) is 20.1 Å². The molecule has 224 valence electrons. The highest BCUT2D eigenvalue weighted by Crippen LogP contribution is 2.65. The summed E-state index contributed by atoms with van der Waals surface area (Å²) in [4.78, 5) is 48.6. The molecule has 8 heteroatoms. The molecule has 4 rings (SSSR count). The van der Waals surface area contributed by atoms with E-state index in [0.29, 0.717) is 38.9 Å². The Morgan fingerprint density at radius 3 is 2.51 bits per heavy atom. The number of aliphatic hydroxyl groups is 1. The van der Waals surface area contributed by atoms with E-state index < -0.39 is 29.1 Å². The number of amides is 3. The maximum Gasteiger partial charge on any atom is 0.253 e. The summed E-state index contributed by atoms with van der Waals surface area (Å²) in [7, 11) is 0. The quantitative estimate of drug-likeness (QED) is 0.288. The molecule has 0 radical (unpaired) electrons. The number of anilines is 1. The fourth-order valence-electron chi connectivity index (χ4n) is 7.54. The molecule has 2 bridgehead atoms. The van der Waals surface area contributed by atoms with Crippen molar-refractivity contribution in [2.75, 3.05) is 37.7 Å². The highest BCUT2D eigenvalue weighted by molar-refractivity contribution is 6.05. The number of carbonyl (C=O) groups excluding carboxylic acids is 3. The summed E-state index contributed by atoms with van der Waals surface area (Å²) in [6.07, 6.45) is 5.76. The first-order valence-electron chi connectivity index (χ1n) is 15.0. The van der Waals surface area contributed by atoms with Gasteiger partial charge in [-0.25, -0.2) is 0 Å². The zero-order valence-electron chi connectivity index (χ0n) is 25.4. The maximum atomic E-state index is 14.8. The number of unbranched alkanes of at least 4 members (excludes halogenated alkanes) is 1. The topological polar surface area (TPSA) is 90.4 Å². The molecule has 0 aromatic heterocycles. The molecule has 6 atom stereocenters. The van der Waals surface area contributed by atoms with Crippen LogP contribution in [0.2, 0.25) is 0 Å². The van der Waals surface area contributed by atoms with Gasteiger partial charge in [-0.1, -0.05) is 38.1 Å². The average Bonchev–Trinajstić information content (AvgIpc) is 3.44. The Kier molecular flexibility index (Phi) is 9.14. The van der Waals surface area contributed by atoms with E-state index >= 15 is 0 Å². The summed E-state index contributed by atoms with van der Waals surface area (Å²) < 4.78 is 6.92. The number of ether oxygens (including phenoxy) is 1. The molecule has 3 unspecified atom stereocenters. The van der Waals surface area contributed by atoms with Gasteiger partial charge in [0.2, 0.25) is 11.8 Å². The van der Waals surface area contributed by atoms with E-state index in [1.807, 2.05) is 45.9 Å². The Hall–Kier alpha value is -2.97. The molecule has 3 aliphatic rings. The largest absolute Gasteiger partial charge is 0.396 e. The summed E-state index contributed by atoms with van der Waals surface area (Å²) >= 11 is 0. The van der Waals surface area contributed by atoms with Gasteiger partial charge in [0.05, 0.1) is 17.4 Å². The van der Waals surface area contributed by atoms with E-state index in [1.165, 1.54) is 0 Å². The molecule has 1 spiro atoms. The van der Waals surface area contributed by atoms with Gasteiger partial charge >= 0.3 is 0 Å². The summed E-state index contributed by atoms with van der Waals surface area (Å²) in [5, 5.41) is 9.48. The number of hydrogen-bond acceptors (Lipinski definition) is 5. The van der Waals surface area contributed by atoms with Gasteiger partial charge in [0.1, 0.15) is 11.6 Å². The number of nitrogens with zero attached hydrogens (tertiary/aromatic N) is 3. The molecule has 0 saturated carbocycles. The summed E-state index contributed by atoms with van der Waals surface area (Å²) in [5.74, 6) is -2.02. The predicted octanol–water partition coefficient (Wildman–Crippen LogP) is 4.03. The Labute approximate surface area is 245 Å². The van der Waals surface area contributed by atoms with Gasteiger partial charge in [-0.05, 0) is 69.6 Å². The minimum absolute atomic E-state index is 0.000534. The Balaban J connectivity index is 1.84. The number of rotatable bonds is 13. The zero-order valence-corrected chi connectivity index (χ0v) is 25.4. The van der Waals surface area contributed by atoms with Crippen LogP contribution < -0.4 is 4.90 Å². The van der Waals surface area contributed by atoms with Crippen molar-refractivity contribution in [3.05, 3.63) is 54.6 Å². The molecule has 8 nitrogen and oxygen atoms in total. The van der Waals surface area contributed by atoms with Crippen LogP contribution in [-0.4, -0.2) is 82.7 Å². The van der Waals surface area contributed by atoms with Crippen LogP contribution in [0.1, 0.15) is 57.6 Å². The lowest BCUT2D eigenvalue weighted by molar-refractivity contribution is -0.151. The van der Waals surface area contributed by atoms with Crippen molar-refractivity contribution in [3.8, 4) is 0 Å². The van der Waals surface area contributed by atoms with Crippen molar-refractivity contribution in [3.63, 3.8) is 0 Å². The van der Waals surface area contributed by atoms with E-state index in [1.54, 1.807) is 26.9 Å². The van der Waals surface area contributed by atoms with Crippen LogP contribution >= 0.6 is 0 Å². The molecule has 1 aromatic carbocycles. The van der Waals surface area contributed by atoms with Gasteiger partial charge < -0.3 is 24.5 Å². The van der Waals surface area contributed by atoms with E-state index in [4.69, 9.17) is 4.74 Å². The molecular weight excluding hydrogens is 518 g/mol. The highest BCUT2D eigenvalue weighted by atomic mass is 16.5. The van der Waals surface area contributed by atoms with E-state index in [0.717, 1.165) is 23.2 Å². The lowest BCUT2D eigenvalue weighted by atomic mass is 9.62. The van der Waals surface area contributed by atoms with Gasteiger partial charge in [0.15, 0.2) is 0 Å². The molecular formula is C33H47N3O5. The van der Waals surface area contributed by atoms with Crippen molar-refractivity contribution < 1.29 is 24.2 Å². The van der Waals surface area contributed by atoms with Crippen LogP contribution in [0.3, 0.4) is 0 Å². The van der Waals surface area contributed by atoms with Crippen molar-refractivity contribution in [1.82, 2.24) is 9.80 Å². The minimum atomic E-state index is -1.12. The second-order valence-electron chi connectivity index (χ2n) is 12.3. The second kappa shape index (κ2) is 12.1. The lowest BCUT2D eigenvalue weighted by Gasteiger charge is -2.39. The SMILES string of the molecule is C=CCN(CCC)C(=O)[C@H]1[C@H]2C(=O)N(CCCCO)C(C(=O)N(CC=C)c3cc(C)ccc3C)C23CC(C)[C@]1(C)O3. The second-order valence-corrected chi connectivity index (χ2v) is 12.3. The van der Waals surface area contributed by atoms with E-state index in [9.17, 15) is 19.5 Å². The summed E-state index contributed by atoms with van der Waals surface area (Å²) in [6.45, 7) is 19.3. The smallest absolute Gasteiger partial charge is 0.253 e. The standard InChI is InChI=1S/C33H47N3O5/c1-8-15-34(16-9-2)29(38)26-27-30(39)36(18-11-12-19-37)28(33(27)21-24(6)32(26,7)41-33)31(40)35(17-10-3)25-20-22(4)13-14-23(25)5/h8,10,13-14,20,24,26-28,37H,1,3,9,11-12,15-19,21H2,2,4-7H3/t24?,26-,27+,28?,32+,33?/m1/s1. The van der Waals surface area contributed by atoms with Gasteiger partial charge in [-0.2, -0.15) is 0 Å². The molecule has 41 heavy (non-hydrogen) atoms. The van der Waals surface area contributed by atoms with E-state index in [-0.39, 0.29) is 36.8 Å². The number of aliphatic hydroxyl groups excluding tert-OH is 1. The fourth-order valence-corrected chi connectivity index (χ4v) is 7.54. The Morgan fingerprint density at radius 2 is 1.88 bits per heavy atom. The third-order valence-electron chi connectivity index (χ3n) is 9.51. The van der Waals surface area contributed by atoms with Crippen LogP contribution in [0.15, 0.2) is 43.5 Å². The predicted molar refractivity (Wildman–Crippen MR) is 160 cm³/mol. The normalized spacial score (nSPS) is 29.9. The van der Waals surface area contributed by atoms with Crippen molar-refractivity contribution in [2.45, 2.75) is 77.5 Å². The Bertz CT molecular complexity index is 1200. The van der Waals surface area contributed by atoms with Crippen molar-refractivity contribution in [2.24, 2.45) is 17.8 Å². The Morgan fingerprint density at radius 1 is 1.17 bits per heavy atom. The lowest BCUT2D eigenvalue weighted by Crippen LogP contribution is -2.57. The first-order chi connectivity index (χ1) is 19.5. The molecule has 3 aliphatic heterocycles. The number of aryl methyl sites for hydroxylation is 2. The molecule has 3 saturated heterocycles. The van der Waals surface area contributed by atoms with Crippen molar-refractivity contribution in [1.29, 1.82) is 0 Å². The zero-order chi connectivity index (χ0) is 30.1. The molecule has 1 N–H and O–H groups in total. The maximum absolute atomic E-state index is 14.8. The average molecular weight is 566 g/mol. The van der Waals surface area contributed by atoms with Crippen LogP contribution in [0.25, 0.3) is 0 Å². The number of fused-ring (bicyclic) bond motifs is 1. The van der Waals surface area contributed by atoms with Gasteiger partial charge in [-0.15, -0.1) is 13.2 Å². The van der Waals surface area contributed by atoms with Gasteiger partial charge in [0, 0.05) is 38.5 Å². The molecule has 3 heterocycles. The van der Waals surface area contributed by atoms with Gasteiger partial charge in [-0.3, -0.25) is 14.4 Å². The molecule has 3 fully saturated rings. The highest BCUT2D eigenvalue weighted by Gasteiger charge is 2.80. The summed E-state index contributed by atoms with van der Waals surface area (Å²) in [5.41, 5.74) is 0.750.